The maximum Gasteiger partial charge on any atom is 0.163 e. The van der Waals surface area contributed by atoms with Crippen LogP contribution in [0.1, 0.15) is 19.4 Å². The van der Waals surface area contributed by atoms with Gasteiger partial charge in [0.15, 0.2) is 5.79 Å². The van der Waals surface area contributed by atoms with Crippen molar-refractivity contribution >= 4 is 0 Å². The van der Waals surface area contributed by atoms with Crippen LogP contribution in [0.15, 0.2) is 30.3 Å². The van der Waals surface area contributed by atoms with E-state index in [1.54, 1.807) is 0 Å². The first-order valence-electron chi connectivity index (χ1n) is 7.39. The standard InChI is InChI=1S/C16H23NO4/c1-16(2)20-14-11(13(18)12(17)15(14)21-16)9-19-8-10-6-4-3-5-7-10/h3-7,11-15,18H,8-9,17H2,1-2H3/t11-,12+,13-,14+,15-/m0/s1. The quantitative estimate of drug-likeness (QED) is 0.868. The molecule has 1 aromatic rings. The minimum atomic E-state index is -0.660. The number of benzene rings is 1. The van der Waals surface area contributed by atoms with Gasteiger partial charge in [-0.3, -0.25) is 0 Å². The SMILES string of the molecule is CC1(C)O[C@@H]2[C@@H](COCc3ccccc3)[C@H](O)[C@@H](N)[C@@H]2O1. The molecule has 5 heteroatoms. The maximum atomic E-state index is 10.3. The molecule has 5 nitrogen and oxygen atoms in total. The Kier molecular flexibility index (Phi) is 4.03. The molecule has 0 bridgehead atoms. The summed E-state index contributed by atoms with van der Waals surface area (Å²) in [5, 5.41) is 10.3. The molecule has 1 saturated carbocycles. The Morgan fingerprint density at radius 1 is 1.19 bits per heavy atom. The van der Waals surface area contributed by atoms with Crippen LogP contribution in [0.3, 0.4) is 0 Å². The Balaban J connectivity index is 1.59. The molecule has 21 heavy (non-hydrogen) atoms. The number of nitrogens with two attached hydrogens (primary N) is 1. The molecule has 1 aromatic carbocycles. The van der Waals surface area contributed by atoms with Crippen molar-refractivity contribution in [3.05, 3.63) is 35.9 Å². The van der Waals surface area contributed by atoms with Crippen LogP contribution in [0.4, 0.5) is 0 Å². The molecule has 1 aliphatic heterocycles. The third-order valence-corrected chi connectivity index (χ3v) is 4.22. The van der Waals surface area contributed by atoms with Crippen molar-refractivity contribution in [1.82, 2.24) is 0 Å². The zero-order valence-electron chi connectivity index (χ0n) is 12.4. The van der Waals surface area contributed by atoms with E-state index in [9.17, 15) is 5.11 Å². The maximum absolute atomic E-state index is 10.3. The number of fused-ring (bicyclic) bond motifs is 1. The fourth-order valence-corrected chi connectivity index (χ4v) is 3.20. The van der Waals surface area contributed by atoms with E-state index < -0.39 is 17.9 Å². The summed E-state index contributed by atoms with van der Waals surface area (Å²) < 4.78 is 17.4. The molecular formula is C16H23NO4. The van der Waals surface area contributed by atoms with E-state index in [-0.39, 0.29) is 18.1 Å². The summed E-state index contributed by atoms with van der Waals surface area (Å²) >= 11 is 0. The summed E-state index contributed by atoms with van der Waals surface area (Å²) in [5.74, 6) is -0.805. The van der Waals surface area contributed by atoms with Crippen molar-refractivity contribution < 1.29 is 19.3 Å². The molecule has 0 amide bonds. The summed E-state index contributed by atoms with van der Waals surface area (Å²) in [6.45, 7) is 4.66. The zero-order valence-corrected chi connectivity index (χ0v) is 12.4. The van der Waals surface area contributed by atoms with E-state index in [0.717, 1.165) is 5.56 Å². The molecule has 0 spiro atoms. The number of hydrogen-bond donors (Lipinski definition) is 2. The van der Waals surface area contributed by atoms with Crippen molar-refractivity contribution in [2.45, 2.75) is 50.6 Å². The number of hydrogen-bond acceptors (Lipinski definition) is 5. The number of rotatable bonds is 4. The van der Waals surface area contributed by atoms with Gasteiger partial charge in [0.25, 0.3) is 0 Å². The lowest BCUT2D eigenvalue weighted by Crippen LogP contribution is -2.42. The Morgan fingerprint density at radius 2 is 1.86 bits per heavy atom. The van der Waals surface area contributed by atoms with Crippen LogP contribution in [0.5, 0.6) is 0 Å². The third-order valence-electron chi connectivity index (χ3n) is 4.22. The lowest BCUT2D eigenvalue weighted by molar-refractivity contribution is -0.170. The fraction of sp³-hybridized carbons (Fsp3) is 0.625. The Labute approximate surface area is 125 Å². The molecule has 0 radical (unpaired) electrons. The van der Waals surface area contributed by atoms with Gasteiger partial charge in [0.05, 0.1) is 31.5 Å². The summed E-state index contributed by atoms with van der Waals surface area (Å²) in [7, 11) is 0. The summed E-state index contributed by atoms with van der Waals surface area (Å²) in [5.41, 5.74) is 7.15. The number of aliphatic hydroxyl groups excluding tert-OH is 1. The molecule has 3 rings (SSSR count). The first kappa shape index (κ1) is 14.9. The minimum Gasteiger partial charge on any atom is -0.391 e. The minimum absolute atomic E-state index is 0.157. The van der Waals surface area contributed by atoms with Gasteiger partial charge in [0, 0.05) is 5.92 Å². The van der Waals surface area contributed by atoms with Crippen molar-refractivity contribution in [3.8, 4) is 0 Å². The predicted molar refractivity (Wildman–Crippen MR) is 77.4 cm³/mol. The molecule has 116 valence electrons. The van der Waals surface area contributed by atoms with Gasteiger partial charge < -0.3 is 25.1 Å². The third kappa shape index (κ3) is 2.98. The molecule has 2 fully saturated rings. The number of ether oxygens (including phenoxy) is 3. The Bertz CT molecular complexity index is 478. The van der Waals surface area contributed by atoms with Gasteiger partial charge in [-0.1, -0.05) is 30.3 Å². The first-order valence-corrected chi connectivity index (χ1v) is 7.39. The topological polar surface area (TPSA) is 73.9 Å². The van der Waals surface area contributed by atoms with Crippen molar-refractivity contribution in [2.24, 2.45) is 11.7 Å². The van der Waals surface area contributed by atoms with Crippen LogP contribution in [0, 0.1) is 5.92 Å². The highest BCUT2D eigenvalue weighted by Crippen LogP contribution is 2.41. The predicted octanol–water partition coefficient (Wildman–Crippen LogP) is 1.04. The van der Waals surface area contributed by atoms with Crippen LogP contribution in [-0.2, 0) is 20.8 Å². The van der Waals surface area contributed by atoms with Gasteiger partial charge in [-0.05, 0) is 19.4 Å². The molecule has 1 aliphatic carbocycles. The fourth-order valence-electron chi connectivity index (χ4n) is 3.20. The van der Waals surface area contributed by atoms with Crippen LogP contribution in [0.25, 0.3) is 0 Å². The molecule has 1 saturated heterocycles. The molecule has 2 aliphatic rings. The summed E-state index contributed by atoms with van der Waals surface area (Å²) in [4.78, 5) is 0. The Hall–Kier alpha value is -0.980. The highest BCUT2D eigenvalue weighted by Gasteiger charge is 2.57. The van der Waals surface area contributed by atoms with E-state index in [1.165, 1.54) is 0 Å². The second kappa shape index (κ2) is 5.66. The van der Waals surface area contributed by atoms with E-state index in [2.05, 4.69) is 0 Å². The first-order chi connectivity index (χ1) is 9.98. The highest BCUT2D eigenvalue weighted by molar-refractivity contribution is 5.13. The molecular weight excluding hydrogens is 270 g/mol. The second-order valence-electron chi connectivity index (χ2n) is 6.30. The van der Waals surface area contributed by atoms with Crippen molar-refractivity contribution in [3.63, 3.8) is 0 Å². The van der Waals surface area contributed by atoms with Gasteiger partial charge in [-0.25, -0.2) is 0 Å². The normalized spacial score (nSPS) is 37.6. The highest BCUT2D eigenvalue weighted by atomic mass is 16.8. The van der Waals surface area contributed by atoms with E-state index in [0.29, 0.717) is 13.2 Å². The van der Waals surface area contributed by atoms with Gasteiger partial charge in [-0.15, -0.1) is 0 Å². The Morgan fingerprint density at radius 3 is 2.57 bits per heavy atom. The molecule has 1 heterocycles. The van der Waals surface area contributed by atoms with Gasteiger partial charge >= 0.3 is 0 Å². The molecule has 5 atom stereocenters. The summed E-state index contributed by atoms with van der Waals surface area (Å²) in [6.07, 6.45) is -1.13. The monoisotopic (exact) mass is 293 g/mol. The van der Waals surface area contributed by atoms with Crippen LogP contribution in [0.2, 0.25) is 0 Å². The lowest BCUT2D eigenvalue weighted by atomic mass is 10.0. The van der Waals surface area contributed by atoms with Crippen LogP contribution in [-0.4, -0.2) is 41.9 Å². The average molecular weight is 293 g/mol. The van der Waals surface area contributed by atoms with Gasteiger partial charge in [0.2, 0.25) is 0 Å². The van der Waals surface area contributed by atoms with E-state index in [4.69, 9.17) is 19.9 Å². The second-order valence-corrected chi connectivity index (χ2v) is 6.30. The van der Waals surface area contributed by atoms with Crippen LogP contribution >= 0.6 is 0 Å². The smallest absolute Gasteiger partial charge is 0.163 e. The lowest BCUT2D eigenvalue weighted by Gasteiger charge is -2.25. The number of aliphatic hydroxyl groups is 1. The van der Waals surface area contributed by atoms with Crippen LogP contribution < -0.4 is 5.73 Å². The molecule has 0 aromatic heterocycles. The van der Waals surface area contributed by atoms with Gasteiger partial charge in [0.1, 0.15) is 6.10 Å². The van der Waals surface area contributed by atoms with Crippen molar-refractivity contribution in [1.29, 1.82) is 0 Å². The summed E-state index contributed by atoms with van der Waals surface area (Å²) in [6, 6.07) is 9.52. The zero-order chi connectivity index (χ0) is 15.0. The molecule has 3 N–H and O–H groups in total. The van der Waals surface area contributed by atoms with Gasteiger partial charge in [-0.2, -0.15) is 0 Å². The van der Waals surface area contributed by atoms with Crippen molar-refractivity contribution in [2.75, 3.05) is 6.61 Å². The largest absolute Gasteiger partial charge is 0.391 e. The molecule has 0 unspecified atom stereocenters. The van der Waals surface area contributed by atoms with E-state index in [1.807, 2.05) is 44.2 Å². The average Bonchev–Trinajstić information content (AvgIpc) is 2.87. The van der Waals surface area contributed by atoms with E-state index >= 15 is 0 Å².